The summed E-state index contributed by atoms with van der Waals surface area (Å²) in [5.41, 5.74) is 6.99. The predicted octanol–water partition coefficient (Wildman–Crippen LogP) is 5.91. The number of hydrogen-bond acceptors (Lipinski definition) is 6. The molecule has 0 atom stereocenters. The lowest BCUT2D eigenvalue weighted by Crippen LogP contribution is -2.20. The lowest BCUT2D eigenvalue weighted by Gasteiger charge is -2.08. The van der Waals surface area contributed by atoms with Gasteiger partial charge in [-0.3, -0.25) is 9.59 Å². The quantitative estimate of drug-likeness (QED) is 0.173. The van der Waals surface area contributed by atoms with Crippen molar-refractivity contribution in [2.45, 2.75) is 11.5 Å². The Hall–Kier alpha value is -4.56. The zero-order chi connectivity index (χ0) is 27.3. The minimum atomic E-state index is -0.280. The second-order valence-corrected chi connectivity index (χ2v) is 9.49. The molecule has 0 aliphatic carbocycles. The van der Waals surface area contributed by atoms with Gasteiger partial charge in [0.15, 0.2) is 6.61 Å². The monoisotopic (exact) mass is 539 g/mol. The van der Waals surface area contributed by atoms with E-state index in [4.69, 9.17) is 9.47 Å². The van der Waals surface area contributed by atoms with E-state index in [1.54, 1.807) is 74.0 Å². The molecule has 0 aliphatic heterocycles. The number of hydrogen-bond donors (Lipinski definition) is 2. The van der Waals surface area contributed by atoms with Crippen molar-refractivity contribution in [1.82, 2.24) is 5.43 Å². The maximum absolute atomic E-state index is 12.4. The molecule has 0 fully saturated rings. The molecule has 2 amide bonds. The third kappa shape index (κ3) is 9.05. The van der Waals surface area contributed by atoms with Crippen molar-refractivity contribution in [3.8, 4) is 11.5 Å². The first kappa shape index (κ1) is 27.5. The summed E-state index contributed by atoms with van der Waals surface area (Å²) >= 11 is 1.84. The van der Waals surface area contributed by atoms with Crippen LogP contribution in [-0.2, 0) is 16.3 Å². The fourth-order valence-electron chi connectivity index (χ4n) is 3.51. The Kier molecular flexibility index (Phi) is 10.1. The van der Waals surface area contributed by atoms with Gasteiger partial charge in [-0.05, 0) is 77.4 Å². The number of amides is 2. The number of carbonyl (C=O) groups is 2. The molecule has 4 rings (SSSR count). The van der Waals surface area contributed by atoms with Gasteiger partial charge >= 0.3 is 0 Å². The first-order valence-corrected chi connectivity index (χ1v) is 13.5. The zero-order valence-corrected chi connectivity index (χ0v) is 22.3. The van der Waals surface area contributed by atoms with Crippen LogP contribution >= 0.6 is 11.8 Å². The fourth-order valence-corrected chi connectivity index (χ4v) is 4.47. The second-order valence-electron chi connectivity index (χ2n) is 8.51. The highest BCUT2D eigenvalue weighted by molar-refractivity contribution is 7.97. The SMILES string of the molecule is COc1ccc(NC(=O)COc2ccc(/C=N\NC(=O)c3ccc(CSCc4ccccc4)cc3)cc2)cc1. The van der Waals surface area contributed by atoms with Crippen molar-refractivity contribution < 1.29 is 19.1 Å². The van der Waals surface area contributed by atoms with Gasteiger partial charge in [0.05, 0.1) is 13.3 Å². The van der Waals surface area contributed by atoms with Crippen LogP contribution in [0.25, 0.3) is 0 Å². The molecule has 4 aromatic rings. The number of anilines is 1. The first-order valence-electron chi connectivity index (χ1n) is 12.3. The molecule has 39 heavy (non-hydrogen) atoms. The summed E-state index contributed by atoms with van der Waals surface area (Å²) in [6.07, 6.45) is 1.55. The molecule has 0 unspecified atom stereocenters. The standard InChI is InChI=1S/C31H29N3O4S/c1-37-28-17-13-27(14-18-28)33-30(35)20-38-29-15-9-23(10-16-29)19-32-34-31(36)26-11-7-25(8-12-26)22-39-21-24-5-3-2-4-6-24/h2-19H,20-22H2,1H3,(H,33,35)(H,34,36)/b32-19-. The molecule has 0 aromatic heterocycles. The van der Waals surface area contributed by atoms with Crippen LogP contribution < -0.4 is 20.2 Å². The van der Waals surface area contributed by atoms with Crippen molar-refractivity contribution in [3.63, 3.8) is 0 Å². The summed E-state index contributed by atoms with van der Waals surface area (Å²) in [5, 5.41) is 6.81. The van der Waals surface area contributed by atoms with Crippen LogP contribution in [0.2, 0.25) is 0 Å². The molecule has 0 heterocycles. The molecule has 198 valence electrons. The summed E-state index contributed by atoms with van der Waals surface area (Å²) in [6, 6.07) is 32.0. The molecule has 7 nitrogen and oxygen atoms in total. The molecule has 2 N–H and O–H groups in total. The van der Waals surface area contributed by atoms with Crippen LogP contribution in [0.5, 0.6) is 11.5 Å². The smallest absolute Gasteiger partial charge is 0.271 e. The van der Waals surface area contributed by atoms with Gasteiger partial charge in [0.2, 0.25) is 0 Å². The van der Waals surface area contributed by atoms with Crippen LogP contribution in [0.1, 0.15) is 27.0 Å². The summed E-state index contributed by atoms with van der Waals surface area (Å²) < 4.78 is 10.6. The van der Waals surface area contributed by atoms with E-state index in [-0.39, 0.29) is 18.4 Å². The van der Waals surface area contributed by atoms with Gasteiger partial charge in [0.1, 0.15) is 11.5 Å². The van der Waals surface area contributed by atoms with Gasteiger partial charge in [0.25, 0.3) is 11.8 Å². The van der Waals surface area contributed by atoms with Crippen molar-refractivity contribution >= 4 is 35.5 Å². The Bertz CT molecular complexity index is 1370. The topological polar surface area (TPSA) is 89.0 Å². The van der Waals surface area contributed by atoms with Gasteiger partial charge in [-0.1, -0.05) is 42.5 Å². The van der Waals surface area contributed by atoms with Gasteiger partial charge in [-0.2, -0.15) is 16.9 Å². The highest BCUT2D eigenvalue weighted by atomic mass is 32.2. The Morgan fingerprint density at radius 2 is 1.44 bits per heavy atom. The molecule has 0 bridgehead atoms. The number of thioether (sulfide) groups is 1. The van der Waals surface area contributed by atoms with E-state index >= 15 is 0 Å². The van der Waals surface area contributed by atoms with Crippen LogP contribution in [0, 0.1) is 0 Å². The minimum absolute atomic E-state index is 0.125. The molecule has 0 aliphatic rings. The van der Waals surface area contributed by atoms with E-state index in [0.29, 0.717) is 22.7 Å². The number of nitrogens with zero attached hydrogens (tertiary/aromatic N) is 1. The average molecular weight is 540 g/mol. The Morgan fingerprint density at radius 3 is 2.10 bits per heavy atom. The Labute approximate surface area is 232 Å². The molecule has 0 radical (unpaired) electrons. The van der Waals surface area contributed by atoms with Crippen LogP contribution in [0.4, 0.5) is 5.69 Å². The molecule has 8 heteroatoms. The van der Waals surface area contributed by atoms with Crippen LogP contribution in [0.3, 0.4) is 0 Å². The van der Waals surface area contributed by atoms with E-state index in [1.165, 1.54) is 5.56 Å². The third-order valence-corrected chi connectivity index (χ3v) is 6.67. The molecule has 4 aromatic carbocycles. The predicted molar refractivity (Wildman–Crippen MR) is 157 cm³/mol. The van der Waals surface area contributed by atoms with E-state index < -0.39 is 0 Å². The van der Waals surface area contributed by atoms with Crippen molar-refractivity contribution in [1.29, 1.82) is 0 Å². The molecular weight excluding hydrogens is 510 g/mol. The number of ether oxygens (including phenoxy) is 2. The highest BCUT2D eigenvalue weighted by Crippen LogP contribution is 2.18. The largest absolute Gasteiger partial charge is 0.497 e. The zero-order valence-electron chi connectivity index (χ0n) is 21.5. The lowest BCUT2D eigenvalue weighted by molar-refractivity contribution is -0.118. The summed E-state index contributed by atoms with van der Waals surface area (Å²) in [5.74, 6) is 2.53. The number of methoxy groups -OCH3 is 1. The molecule has 0 saturated heterocycles. The molecule has 0 spiro atoms. The number of rotatable bonds is 12. The normalized spacial score (nSPS) is 10.7. The Morgan fingerprint density at radius 1 is 0.795 bits per heavy atom. The first-order chi connectivity index (χ1) is 19.1. The van der Waals surface area contributed by atoms with Gasteiger partial charge in [-0.25, -0.2) is 5.43 Å². The van der Waals surface area contributed by atoms with Gasteiger partial charge in [-0.15, -0.1) is 0 Å². The van der Waals surface area contributed by atoms with E-state index in [1.807, 2.05) is 42.1 Å². The number of hydrazone groups is 1. The van der Waals surface area contributed by atoms with Gasteiger partial charge in [0, 0.05) is 22.8 Å². The van der Waals surface area contributed by atoms with E-state index in [0.717, 1.165) is 22.6 Å². The number of carbonyl (C=O) groups excluding carboxylic acids is 2. The maximum Gasteiger partial charge on any atom is 0.271 e. The second kappa shape index (κ2) is 14.4. The lowest BCUT2D eigenvalue weighted by atomic mass is 10.1. The Balaban J connectivity index is 1.17. The summed E-state index contributed by atoms with van der Waals surface area (Å²) in [7, 11) is 1.59. The van der Waals surface area contributed by atoms with Crippen LogP contribution in [0.15, 0.2) is 108 Å². The van der Waals surface area contributed by atoms with Crippen molar-refractivity contribution in [2.75, 3.05) is 19.0 Å². The number of benzene rings is 4. The fraction of sp³-hybridized carbons (Fsp3) is 0.129. The average Bonchev–Trinajstić information content (AvgIpc) is 2.98. The van der Waals surface area contributed by atoms with E-state index in [9.17, 15) is 9.59 Å². The summed E-state index contributed by atoms with van der Waals surface area (Å²) in [4.78, 5) is 24.5. The molecular formula is C31H29N3O4S. The number of nitrogens with one attached hydrogen (secondary N) is 2. The van der Waals surface area contributed by atoms with Crippen molar-refractivity contribution in [2.24, 2.45) is 5.10 Å². The van der Waals surface area contributed by atoms with Crippen LogP contribution in [-0.4, -0.2) is 31.7 Å². The minimum Gasteiger partial charge on any atom is -0.497 e. The molecule has 0 saturated carbocycles. The maximum atomic E-state index is 12.4. The highest BCUT2D eigenvalue weighted by Gasteiger charge is 2.06. The van der Waals surface area contributed by atoms with Gasteiger partial charge < -0.3 is 14.8 Å². The van der Waals surface area contributed by atoms with E-state index in [2.05, 4.69) is 28.0 Å². The van der Waals surface area contributed by atoms with Crippen molar-refractivity contribution in [3.05, 3.63) is 125 Å². The third-order valence-electron chi connectivity index (χ3n) is 5.60. The summed E-state index contributed by atoms with van der Waals surface area (Å²) in [6.45, 7) is -0.125.